The van der Waals surface area contributed by atoms with Gasteiger partial charge in [0.2, 0.25) is 5.91 Å². The van der Waals surface area contributed by atoms with E-state index in [9.17, 15) is 14.7 Å². The van der Waals surface area contributed by atoms with Gasteiger partial charge in [-0.3, -0.25) is 14.5 Å². The van der Waals surface area contributed by atoms with Crippen molar-refractivity contribution >= 4 is 11.9 Å². The van der Waals surface area contributed by atoms with Crippen LogP contribution in [0.1, 0.15) is 53.4 Å². The Morgan fingerprint density at radius 2 is 1.95 bits per heavy atom. The Hall–Kier alpha value is -1.10. The molecule has 116 valence electrons. The minimum absolute atomic E-state index is 0.0694. The van der Waals surface area contributed by atoms with Crippen molar-refractivity contribution in [3.63, 3.8) is 0 Å². The van der Waals surface area contributed by atoms with Crippen molar-refractivity contribution in [2.24, 2.45) is 5.92 Å². The number of hydrogen-bond donors (Lipinski definition) is 2. The Morgan fingerprint density at radius 3 is 2.50 bits per heavy atom. The Morgan fingerprint density at radius 1 is 1.30 bits per heavy atom. The zero-order valence-electron chi connectivity index (χ0n) is 13.1. The minimum atomic E-state index is -0.924. The molecular formula is C15H28N2O3. The molecule has 2 unspecified atom stereocenters. The van der Waals surface area contributed by atoms with Crippen LogP contribution in [0.5, 0.6) is 0 Å². The molecule has 0 aromatic heterocycles. The van der Waals surface area contributed by atoms with Crippen LogP contribution >= 0.6 is 0 Å². The van der Waals surface area contributed by atoms with Crippen molar-refractivity contribution in [2.45, 2.75) is 65.0 Å². The lowest BCUT2D eigenvalue weighted by Crippen LogP contribution is -2.61. The molecule has 5 heteroatoms. The highest BCUT2D eigenvalue weighted by molar-refractivity contribution is 5.84. The van der Waals surface area contributed by atoms with Crippen molar-refractivity contribution < 1.29 is 14.7 Å². The van der Waals surface area contributed by atoms with E-state index >= 15 is 0 Å². The standard InChI is InChI=1S/C15H28N2O3/c1-11(2)7-9-16-13(18)12(3)17-10-6-5-8-15(17,4)14(19)20/h11-12H,5-10H2,1-4H3,(H,16,18)(H,19,20). The first-order chi connectivity index (χ1) is 9.29. The molecule has 1 heterocycles. The third-order valence-electron chi connectivity index (χ3n) is 4.28. The highest BCUT2D eigenvalue weighted by Crippen LogP contribution is 2.30. The maximum atomic E-state index is 12.2. The summed E-state index contributed by atoms with van der Waals surface area (Å²) < 4.78 is 0. The number of nitrogens with zero attached hydrogens (tertiary/aromatic N) is 1. The van der Waals surface area contributed by atoms with Crippen LogP contribution in [0.15, 0.2) is 0 Å². The number of piperidine rings is 1. The van der Waals surface area contributed by atoms with Crippen LogP contribution in [0.25, 0.3) is 0 Å². The number of hydrogen-bond acceptors (Lipinski definition) is 3. The molecule has 1 aliphatic heterocycles. The van der Waals surface area contributed by atoms with Crippen LogP contribution in [0, 0.1) is 5.92 Å². The van der Waals surface area contributed by atoms with Gasteiger partial charge in [0.25, 0.3) is 0 Å². The van der Waals surface area contributed by atoms with E-state index in [2.05, 4.69) is 19.2 Å². The number of aliphatic carboxylic acids is 1. The molecule has 0 bridgehead atoms. The van der Waals surface area contributed by atoms with Gasteiger partial charge in [0, 0.05) is 13.1 Å². The SMILES string of the molecule is CC(C)CCNC(=O)C(C)N1CCCCC1(C)C(=O)O. The van der Waals surface area contributed by atoms with Gasteiger partial charge < -0.3 is 10.4 Å². The average molecular weight is 284 g/mol. The summed E-state index contributed by atoms with van der Waals surface area (Å²) in [5, 5.41) is 12.4. The van der Waals surface area contributed by atoms with Crippen molar-refractivity contribution in [2.75, 3.05) is 13.1 Å². The fourth-order valence-corrected chi connectivity index (χ4v) is 2.77. The smallest absolute Gasteiger partial charge is 0.323 e. The van der Waals surface area contributed by atoms with Gasteiger partial charge in [0.1, 0.15) is 5.54 Å². The van der Waals surface area contributed by atoms with Crippen LogP contribution in [-0.2, 0) is 9.59 Å². The number of carboxylic acids is 1. The van der Waals surface area contributed by atoms with Crippen LogP contribution in [0.4, 0.5) is 0 Å². The summed E-state index contributed by atoms with van der Waals surface area (Å²) in [6.07, 6.45) is 3.40. The summed E-state index contributed by atoms with van der Waals surface area (Å²) in [4.78, 5) is 25.6. The number of carbonyl (C=O) groups is 2. The topological polar surface area (TPSA) is 69.6 Å². The van der Waals surface area contributed by atoms with Crippen LogP contribution in [0.3, 0.4) is 0 Å². The first-order valence-electron chi connectivity index (χ1n) is 7.57. The van der Waals surface area contributed by atoms with Gasteiger partial charge in [-0.15, -0.1) is 0 Å². The predicted octanol–water partition coefficient (Wildman–Crippen LogP) is 1.87. The molecule has 0 radical (unpaired) electrons. The van der Waals surface area contributed by atoms with Crippen molar-refractivity contribution in [3.8, 4) is 0 Å². The van der Waals surface area contributed by atoms with Gasteiger partial charge in [0.05, 0.1) is 6.04 Å². The second-order valence-electron chi connectivity index (χ2n) is 6.38. The van der Waals surface area contributed by atoms with E-state index in [1.54, 1.807) is 13.8 Å². The Labute approximate surface area is 121 Å². The second-order valence-corrected chi connectivity index (χ2v) is 6.38. The van der Waals surface area contributed by atoms with Gasteiger partial charge in [-0.1, -0.05) is 13.8 Å². The van der Waals surface area contributed by atoms with E-state index in [0.717, 1.165) is 19.3 Å². The van der Waals surface area contributed by atoms with Crippen molar-refractivity contribution in [1.29, 1.82) is 0 Å². The molecule has 1 rings (SSSR count). The fourth-order valence-electron chi connectivity index (χ4n) is 2.77. The molecule has 1 aliphatic rings. The van der Waals surface area contributed by atoms with Gasteiger partial charge >= 0.3 is 5.97 Å². The number of likely N-dealkylation sites (tertiary alicyclic amines) is 1. The van der Waals surface area contributed by atoms with E-state index < -0.39 is 17.6 Å². The maximum Gasteiger partial charge on any atom is 0.323 e. The third kappa shape index (κ3) is 3.95. The average Bonchev–Trinajstić information content (AvgIpc) is 2.37. The molecule has 2 atom stereocenters. The Balaban J connectivity index is 2.65. The summed E-state index contributed by atoms with van der Waals surface area (Å²) >= 11 is 0. The summed E-state index contributed by atoms with van der Waals surface area (Å²) in [7, 11) is 0. The van der Waals surface area contributed by atoms with Gasteiger partial charge in [-0.25, -0.2) is 0 Å². The van der Waals surface area contributed by atoms with Gasteiger partial charge in [0.15, 0.2) is 0 Å². The zero-order chi connectivity index (χ0) is 15.3. The highest BCUT2D eigenvalue weighted by Gasteiger charge is 2.44. The molecule has 1 amide bonds. The minimum Gasteiger partial charge on any atom is -0.480 e. The molecule has 0 aromatic rings. The summed E-state index contributed by atoms with van der Waals surface area (Å²) in [6.45, 7) is 9.08. The first kappa shape index (κ1) is 17.0. The van der Waals surface area contributed by atoms with E-state index in [1.807, 2.05) is 4.90 Å². The lowest BCUT2D eigenvalue weighted by molar-refractivity contribution is -0.156. The molecule has 0 spiro atoms. The zero-order valence-corrected chi connectivity index (χ0v) is 13.1. The molecule has 0 aliphatic carbocycles. The van der Waals surface area contributed by atoms with Crippen LogP contribution in [-0.4, -0.2) is 46.6 Å². The molecule has 2 N–H and O–H groups in total. The fraction of sp³-hybridized carbons (Fsp3) is 0.867. The number of carboxylic acid groups (broad SMARTS) is 1. The van der Waals surface area contributed by atoms with Crippen LogP contribution in [0.2, 0.25) is 0 Å². The summed E-state index contributed by atoms with van der Waals surface area (Å²) in [5.41, 5.74) is -0.924. The summed E-state index contributed by atoms with van der Waals surface area (Å²) in [5.74, 6) is -0.357. The molecular weight excluding hydrogens is 256 g/mol. The van der Waals surface area contributed by atoms with Gasteiger partial charge in [-0.05, 0) is 45.4 Å². The Kier molecular flexibility index (Phi) is 5.99. The predicted molar refractivity (Wildman–Crippen MR) is 78.5 cm³/mol. The van der Waals surface area contributed by atoms with E-state index in [1.165, 1.54) is 0 Å². The van der Waals surface area contributed by atoms with Crippen molar-refractivity contribution in [3.05, 3.63) is 0 Å². The molecule has 5 nitrogen and oxygen atoms in total. The molecule has 20 heavy (non-hydrogen) atoms. The largest absolute Gasteiger partial charge is 0.480 e. The second kappa shape index (κ2) is 7.07. The van der Waals surface area contributed by atoms with E-state index in [4.69, 9.17) is 0 Å². The number of rotatable bonds is 6. The molecule has 1 saturated heterocycles. The quantitative estimate of drug-likeness (QED) is 0.781. The highest BCUT2D eigenvalue weighted by atomic mass is 16.4. The summed E-state index contributed by atoms with van der Waals surface area (Å²) in [6, 6.07) is -0.399. The van der Waals surface area contributed by atoms with Gasteiger partial charge in [-0.2, -0.15) is 0 Å². The van der Waals surface area contributed by atoms with E-state index in [0.29, 0.717) is 25.4 Å². The third-order valence-corrected chi connectivity index (χ3v) is 4.28. The first-order valence-corrected chi connectivity index (χ1v) is 7.57. The lowest BCUT2D eigenvalue weighted by Gasteiger charge is -2.44. The number of amides is 1. The van der Waals surface area contributed by atoms with E-state index in [-0.39, 0.29) is 5.91 Å². The number of carbonyl (C=O) groups excluding carboxylic acids is 1. The maximum absolute atomic E-state index is 12.2. The number of nitrogens with one attached hydrogen (secondary N) is 1. The monoisotopic (exact) mass is 284 g/mol. The lowest BCUT2D eigenvalue weighted by atomic mass is 9.87. The Bertz CT molecular complexity index is 357. The molecule has 0 saturated carbocycles. The normalized spacial score (nSPS) is 25.4. The molecule has 0 aromatic carbocycles. The van der Waals surface area contributed by atoms with Crippen LogP contribution < -0.4 is 5.32 Å². The molecule has 1 fully saturated rings. The van der Waals surface area contributed by atoms with Crippen molar-refractivity contribution in [1.82, 2.24) is 10.2 Å².